The van der Waals surface area contributed by atoms with Crippen molar-refractivity contribution in [2.75, 3.05) is 16.8 Å². The molecule has 0 saturated carbocycles. The van der Waals surface area contributed by atoms with Crippen LogP contribution in [0.3, 0.4) is 0 Å². The fourth-order valence-corrected chi connectivity index (χ4v) is 2.53. The summed E-state index contributed by atoms with van der Waals surface area (Å²) in [6, 6.07) is 2.63. The second-order valence-electron chi connectivity index (χ2n) is 4.27. The molecule has 0 aromatic carbocycles. The zero-order valence-corrected chi connectivity index (χ0v) is 12.8. The molecule has 0 saturated heterocycles. The molecule has 0 bridgehead atoms. The summed E-state index contributed by atoms with van der Waals surface area (Å²) in [5.41, 5.74) is 1.04. The van der Waals surface area contributed by atoms with Crippen LogP contribution in [0.25, 0.3) is 0 Å². The van der Waals surface area contributed by atoms with Gasteiger partial charge in [-0.2, -0.15) is 0 Å². The Kier molecular flexibility index (Phi) is 5.89. The fourth-order valence-electron chi connectivity index (χ4n) is 2.15. The zero-order valence-electron chi connectivity index (χ0n) is 11.2. The number of hydrogen-bond acceptors (Lipinski definition) is 3. The van der Waals surface area contributed by atoms with Gasteiger partial charge in [0.15, 0.2) is 0 Å². The maximum absolute atomic E-state index is 4.56. The summed E-state index contributed by atoms with van der Waals surface area (Å²) < 4.78 is 0. The Bertz CT molecular complexity index is 330. The molecule has 0 atom stereocenters. The van der Waals surface area contributed by atoms with Crippen molar-refractivity contribution < 1.29 is 0 Å². The van der Waals surface area contributed by atoms with Gasteiger partial charge in [-0.05, 0) is 26.7 Å². The molecule has 0 aliphatic rings. The standard InChI is InChI=1S/C13H22BrN3/c1-5-12(6-2)17(8-7-14)13-9-10(3)15-11(4)16-13/h9,12H,5-8H2,1-4H3. The topological polar surface area (TPSA) is 29.0 Å². The van der Waals surface area contributed by atoms with Crippen molar-refractivity contribution in [3.8, 4) is 0 Å². The van der Waals surface area contributed by atoms with Crippen LogP contribution >= 0.6 is 15.9 Å². The quantitative estimate of drug-likeness (QED) is 0.753. The average Bonchev–Trinajstić information content (AvgIpc) is 2.28. The molecule has 1 aromatic rings. The molecule has 3 nitrogen and oxygen atoms in total. The van der Waals surface area contributed by atoms with E-state index in [1.165, 1.54) is 0 Å². The van der Waals surface area contributed by atoms with Gasteiger partial charge in [-0.15, -0.1) is 0 Å². The number of halogens is 1. The first kappa shape index (κ1) is 14.4. The number of aryl methyl sites for hydroxylation is 2. The van der Waals surface area contributed by atoms with Crippen molar-refractivity contribution in [2.45, 2.75) is 46.6 Å². The second-order valence-corrected chi connectivity index (χ2v) is 5.06. The van der Waals surface area contributed by atoms with Crippen LogP contribution in [0.4, 0.5) is 5.82 Å². The maximum atomic E-state index is 4.56. The molecule has 4 heteroatoms. The molecule has 96 valence electrons. The highest BCUT2D eigenvalue weighted by molar-refractivity contribution is 9.09. The minimum Gasteiger partial charge on any atom is -0.353 e. The normalized spacial score (nSPS) is 10.9. The molecule has 0 amide bonds. The van der Waals surface area contributed by atoms with Crippen molar-refractivity contribution in [2.24, 2.45) is 0 Å². The maximum Gasteiger partial charge on any atom is 0.132 e. The molecule has 1 heterocycles. The van der Waals surface area contributed by atoms with E-state index in [2.05, 4.69) is 50.7 Å². The third-order valence-corrected chi connectivity index (χ3v) is 3.31. The number of alkyl halides is 1. The smallest absolute Gasteiger partial charge is 0.132 e. The zero-order chi connectivity index (χ0) is 12.8. The van der Waals surface area contributed by atoms with Crippen LogP contribution in [0.5, 0.6) is 0 Å². The van der Waals surface area contributed by atoms with E-state index in [-0.39, 0.29) is 0 Å². The Balaban J connectivity index is 3.03. The lowest BCUT2D eigenvalue weighted by atomic mass is 10.1. The first-order valence-corrected chi connectivity index (χ1v) is 7.39. The molecule has 1 rings (SSSR count). The van der Waals surface area contributed by atoms with E-state index in [1.807, 2.05) is 13.8 Å². The lowest BCUT2D eigenvalue weighted by Gasteiger charge is -2.31. The van der Waals surface area contributed by atoms with Gasteiger partial charge in [0.25, 0.3) is 0 Å². The number of nitrogens with zero attached hydrogens (tertiary/aromatic N) is 3. The lowest BCUT2D eigenvalue weighted by molar-refractivity contribution is 0.562. The van der Waals surface area contributed by atoms with Crippen molar-refractivity contribution in [1.29, 1.82) is 0 Å². The van der Waals surface area contributed by atoms with Crippen LogP contribution in [0.2, 0.25) is 0 Å². The van der Waals surface area contributed by atoms with Gasteiger partial charge in [0.1, 0.15) is 11.6 Å². The van der Waals surface area contributed by atoms with Gasteiger partial charge >= 0.3 is 0 Å². The molecule has 0 aliphatic heterocycles. The Morgan fingerprint density at radius 3 is 2.35 bits per heavy atom. The number of anilines is 1. The molecule has 0 N–H and O–H groups in total. The summed E-state index contributed by atoms with van der Waals surface area (Å²) in [7, 11) is 0. The fraction of sp³-hybridized carbons (Fsp3) is 0.692. The summed E-state index contributed by atoms with van der Waals surface area (Å²) >= 11 is 3.53. The summed E-state index contributed by atoms with van der Waals surface area (Å²) in [5.74, 6) is 1.91. The van der Waals surface area contributed by atoms with Gasteiger partial charge in [0.05, 0.1) is 0 Å². The Morgan fingerprint density at radius 2 is 1.88 bits per heavy atom. The van der Waals surface area contributed by atoms with Crippen LogP contribution in [0.1, 0.15) is 38.2 Å². The van der Waals surface area contributed by atoms with E-state index in [1.54, 1.807) is 0 Å². The third kappa shape index (κ3) is 3.95. The Morgan fingerprint density at radius 1 is 1.24 bits per heavy atom. The SMILES string of the molecule is CCC(CC)N(CCBr)c1cc(C)nc(C)n1. The van der Waals surface area contributed by atoms with Crippen molar-refractivity contribution in [3.63, 3.8) is 0 Å². The third-order valence-electron chi connectivity index (χ3n) is 2.96. The highest BCUT2D eigenvalue weighted by Gasteiger charge is 2.16. The van der Waals surface area contributed by atoms with Gasteiger partial charge in [0, 0.05) is 29.7 Å². The van der Waals surface area contributed by atoms with E-state index in [9.17, 15) is 0 Å². The van der Waals surface area contributed by atoms with E-state index < -0.39 is 0 Å². The van der Waals surface area contributed by atoms with Gasteiger partial charge in [-0.25, -0.2) is 9.97 Å². The molecule has 0 aliphatic carbocycles. The van der Waals surface area contributed by atoms with Crippen molar-refractivity contribution >= 4 is 21.7 Å². The number of hydrogen-bond donors (Lipinski definition) is 0. The largest absolute Gasteiger partial charge is 0.353 e. The Labute approximate surface area is 113 Å². The van der Waals surface area contributed by atoms with Gasteiger partial charge < -0.3 is 4.90 Å². The van der Waals surface area contributed by atoms with Crippen LogP contribution in [-0.2, 0) is 0 Å². The molecule has 17 heavy (non-hydrogen) atoms. The highest BCUT2D eigenvalue weighted by Crippen LogP contribution is 2.19. The predicted octanol–water partition coefficient (Wildman–Crippen LogP) is 3.48. The summed E-state index contributed by atoms with van der Waals surface area (Å²) in [6.45, 7) is 9.43. The number of rotatable bonds is 6. The minimum atomic E-state index is 0.557. The second kappa shape index (κ2) is 6.94. The lowest BCUT2D eigenvalue weighted by Crippen LogP contribution is -2.36. The van der Waals surface area contributed by atoms with Crippen molar-refractivity contribution in [1.82, 2.24) is 9.97 Å². The van der Waals surface area contributed by atoms with Gasteiger partial charge in [0.2, 0.25) is 0 Å². The first-order chi connectivity index (χ1) is 8.12. The molecular formula is C13H22BrN3. The predicted molar refractivity (Wildman–Crippen MR) is 77.0 cm³/mol. The summed E-state index contributed by atoms with van der Waals surface area (Å²) in [6.07, 6.45) is 2.29. The Hall–Kier alpha value is -0.640. The first-order valence-electron chi connectivity index (χ1n) is 6.27. The van der Waals surface area contributed by atoms with Crippen LogP contribution in [0.15, 0.2) is 6.07 Å². The van der Waals surface area contributed by atoms with Crippen LogP contribution in [-0.4, -0.2) is 27.9 Å². The van der Waals surface area contributed by atoms with E-state index >= 15 is 0 Å². The molecule has 0 spiro atoms. The monoisotopic (exact) mass is 299 g/mol. The van der Waals surface area contributed by atoms with E-state index in [4.69, 9.17) is 0 Å². The van der Waals surface area contributed by atoms with Crippen LogP contribution in [0, 0.1) is 13.8 Å². The van der Waals surface area contributed by atoms with Crippen molar-refractivity contribution in [3.05, 3.63) is 17.6 Å². The average molecular weight is 300 g/mol. The molecular weight excluding hydrogens is 278 g/mol. The van der Waals surface area contributed by atoms with E-state index in [0.29, 0.717) is 6.04 Å². The molecule has 0 unspecified atom stereocenters. The highest BCUT2D eigenvalue weighted by atomic mass is 79.9. The summed E-state index contributed by atoms with van der Waals surface area (Å²) in [4.78, 5) is 11.3. The van der Waals surface area contributed by atoms with Gasteiger partial charge in [-0.1, -0.05) is 29.8 Å². The summed E-state index contributed by atoms with van der Waals surface area (Å²) in [5, 5.41) is 0.964. The molecule has 1 aromatic heterocycles. The molecule has 0 radical (unpaired) electrons. The number of aromatic nitrogens is 2. The molecule has 0 fully saturated rings. The minimum absolute atomic E-state index is 0.557. The van der Waals surface area contributed by atoms with Gasteiger partial charge in [-0.3, -0.25) is 0 Å². The van der Waals surface area contributed by atoms with Crippen LogP contribution < -0.4 is 4.90 Å². The van der Waals surface area contributed by atoms with E-state index in [0.717, 1.165) is 42.1 Å².